The Balaban J connectivity index is 1.69. The van der Waals surface area contributed by atoms with E-state index in [1.54, 1.807) is 18.2 Å². The van der Waals surface area contributed by atoms with Gasteiger partial charge in [0, 0.05) is 11.1 Å². The number of halogens is 2. The van der Waals surface area contributed by atoms with Crippen molar-refractivity contribution in [1.29, 1.82) is 0 Å². The molecule has 0 unspecified atom stereocenters. The van der Waals surface area contributed by atoms with Crippen LogP contribution in [-0.4, -0.2) is 18.2 Å². The predicted molar refractivity (Wildman–Crippen MR) is 145 cm³/mol. The number of methoxy groups -OCH3 is 1. The molecule has 0 spiro atoms. The van der Waals surface area contributed by atoms with E-state index in [0.717, 1.165) is 30.4 Å². The molecule has 0 aromatic heterocycles. The van der Waals surface area contributed by atoms with Gasteiger partial charge in [-0.15, -0.1) is 0 Å². The first-order valence-electron chi connectivity index (χ1n) is 13.2. The molecule has 1 saturated carbocycles. The minimum Gasteiger partial charge on any atom is -0.497 e. The summed E-state index contributed by atoms with van der Waals surface area (Å²) in [6.07, 6.45) is 3.78. The van der Waals surface area contributed by atoms with Crippen LogP contribution in [0.25, 0.3) is 11.1 Å². The van der Waals surface area contributed by atoms with Gasteiger partial charge in [-0.05, 0) is 95.7 Å². The number of carboxylic acids is 1. The minimum atomic E-state index is -0.847. The maximum atomic E-state index is 15.5. The van der Waals surface area contributed by atoms with Crippen molar-refractivity contribution in [3.05, 3.63) is 82.9 Å². The van der Waals surface area contributed by atoms with Crippen LogP contribution in [0.3, 0.4) is 0 Å². The van der Waals surface area contributed by atoms with Gasteiger partial charge in [0.05, 0.1) is 13.5 Å². The van der Waals surface area contributed by atoms with Gasteiger partial charge in [0.2, 0.25) is 0 Å². The summed E-state index contributed by atoms with van der Waals surface area (Å²) in [6, 6.07) is 15.1. The van der Waals surface area contributed by atoms with Gasteiger partial charge in [0.15, 0.2) is 0 Å². The van der Waals surface area contributed by atoms with Crippen molar-refractivity contribution in [2.24, 2.45) is 5.41 Å². The zero-order valence-corrected chi connectivity index (χ0v) is 22.5. The zero-order valence-electron chi connectivity index (χ0n) is 22.5. The third kappa shape index (κ3) is 6.01. The molecule has 0 heterocycles. The highest BCUT2D eigenvalue weighted by Gasteiger charge is 2.37. The maximum Gasteiger partial charge on any atom is 0.303 e. The van der Waals surface area contributed by atoms with Crippen LogP contribution in [0.15, 0.2) is 54.6 Å². The van der Waals surface area contributed by atoms with Crippen LogP contribution in [-0.2, 0) is 11.4 Å². The fraction of sp³-hybridized carbons (Fsp3) is 0.406. The van der Waals surface area contributed by atoms with Crippen LogP contribution >= 0.6 is 0 Å². The van der Waals surface area contributed by atoms with Crippen molar-refractivity contribution in [3.63, 3.8) is 0 Å². The van der Waals surface area contributed by atoms with Gasteiger partial charge in [-0.2, -0.15) is 0 Å². The third-order valence-corrected chi connectivity index (χ3v) is 7.95. The number of hydrogen-bond acceptors (Lipinski definition) is 3. The lowest BCUT2D eigenvalue weighted by Gasteiger charge is -2.30. The molecule has 0 amide bonds. The molecule has 202 valence electrons. The van der Waals surface area contributed by atoms with Crippen molar-refractivity contribution in [3.8, 4) is 22.6 Å². The summed E-state index contributed by atoms with van der Waals surface area (Å²) in [5.74, 6) is -0.645. The number of carboxylic acid groups (broad SMARTS) is 1. The highest BCUT2D eigenvalue weighted by atomic mass is 19.1. The molecule has 0 aliphatic heterocycles. The molecule has 38 heavy (non-hydrogen) atoms. The van der Waals surface area contributed by atoms with Crippen LogP contribution < -0.4 is 9.47 Å². The van der Waals surface area contributed by atoms with E-state index in [-0.39, 0.29) is 30.3 Å². The summed E-state index contributed by atoms with van der Waals surface area (Å²) >= 11 is 0. The summed E-state index contributed by atoms with van der Waals surface area (Å²) in [5, 5.41) is 9.23. The molecular weight excluding hydrogens is 486 g/mol. The fourth-order valence-electron chi connectivity index (χ4n) is 5.74. The van der Waals surface area contributed by atoms with Crippen molar-refractivity contribution in [2.45, 2.75) is 71.3 Å². The summed E-state index contributed by atoms with van der Waals surface area (Å²) in [6.45, 7) is 6.38. The largest absolute Gasteiger partial charge is 0.497 e. The molecule has 0 saturated heterocycles. The van der Waals surface area contributed by atoms with Gasteiger partial charge in [-0.1, -0.05) is 39.3 Å². The van der Waals surface area contributed by atoms with Crippen molar-refractivity contribution < 1.29 is 28.2 Å². The molecular formula is C32H36F2O4. The lowest BCUT2D eigenvalue weighted by Crippen LogP contribution is -2.17. The number of ether oxygens (including phenoxy) is 2. The van der Waals surface area contributed by atoms with E-state index in [9.17, 15) is 9.90 Å². The highest BCUT2D eigenvalue weighted by Crippen LogP contribution is 2.51. The Kier molecular flexibility index (Phi) is 8.39. The molecule has 3 aromatic rings. The van der Waals surface area contributed by atoms with Crippen LogP contribution in [0.5, 0.6) is 11.5 Å². The van der Waals surface area contributed by atoms with Crippen LogP contribution in [0.2, 0.25) is 0 Å². The van der Waals surface area contributed by atoms with Gasteiger partial charge >= 0.3 is 5.97 Å². The molecule has 4 rings (SSSR count). The Morgan fingerprint density at radius 2 is 1.84 bits per heavy atom. The fourth-order valence-corrected chi connectivity index (χ4v) is 5.74. The maximum absolute atomic E-state index is 15.5. The van der Waals surface area contributed by atoms with Gasteiger partial charge in [0.1, 0.15) is 29.7 Å². The molecule has 1 aliphatic carbocycles. The summed E-state index contributed by atoms with van der Waals surface area (Å²) in [7, 11) is 1.53. The average molecular weight is 523 g/mol. The Bertz CT molecular complexity index is 1300. The second-order valence-electron chi connectivity index (χ2n) is 10.9. The van der Waals surface area contributed by atoms with Gasteiger partial charge in [0.25, 0.3) is 0 Å². The summed E-state index contributed by atoms with van der Waals surface area (Å²) in [4.78, 5) is 11.2. The molecule has 1 fully saturated rings. The van der Waals surface area contributed by atoms with E-state index < -0.39 is 17.6 Å². The Morgan fingerprint density at radius 1 is 1.05 bits per heavy atom. The first kappa shape index (κ1) is 27.6. The smallest absolute Gasteiger partial charge is 0.303 e. The van der Waals surface area contributed by atoms with Crippen LogP contribution in [0.4, 0.5) is 8.78 Å². The average Bonchev–Trinajstić information content (AvgIpc) is 3.25. The topological polar surface area (TPSA) is 55.8 Å². The second kappa shape index (κ2) is 11.5. The zero-order chi connectivity index (χ0) is 27.4. The third-order valence-electron chi connectivity index (χ3n) is 7.95. The molecule has 1 N–H and O–H groups in total. The molecule has 0 radical (unpaired) electrons. The number of carbonyl (C=O) groups is 1. The summed E-state index contributed by atoms with van der Waals surface area (Å²) < 4.78 is 41.9. The SMILES string of the molecule is CC[C@H](CC(=O)O)c1cccc(OCc2cc([C@H]3CCCC3(C)C)c(-c3cc(OC)ccc3F)cc2F)c1. The first-order valence-corrected chi connectivity index (χ1v) is 13.2. The monoisotopic (exact) mass is 522 g/mol. The Labute approximate surface area is 223 Å². The van der Waals surface area contributed by atoms with Crippen molar-refractivity contribution in [2.75, 3.05) is 7.11 Å². The molecule has 1 aliphatic rings. The van der Waals surface area contributed by atoms with E-state index in [2.05, 4.69) is 13.8 Å². The molecule has 0 bridgehead atoms. The number of aliphatic carboxylic acids is 1. The standard InChI is InChI=1S/C32H36F2O4/c1-5-20(16-31(35)36)21-8-6-9-24(14-21)38-19-22-15-26(28-10-7-13-32(28,2)3)25(18-30(22)34)27-17-23(37-4)11-12-29(27)33/h6,8-9,11-12,14-15,17-18,20,28H,5,7,10,13,16,19H2,1-4H3,(H,35,36)/t20-,28-/m1/s1. The molecule has 3 aromatic carbocycles. The Morgan fingerprint density at radius 3 is 2.50 bits per heavy atom. The van der Waals surface area contributed by atoms with Crippen LogP contribution in [0.1, 0.15) is 81.4 Å². The van der Waals surface area contributed by atoms with E-state index in [4.69, 9.17) is 9.47 Å². The van der Waals surface area contributed by atoms with Gasteiger partial charge in [-0.3, -0.25) is 4.79 Å². The van der Waals surface area contributed by atoms with Crippen molar-refractivity contribution >= 4 is 5.97 Å². The molecule has 2 atom stereocenters. The quantitative estimate of drug-likeness (QED) is 0.290. The van der Waals surface area contributed by atoms with Gasteiger partial charge < -0.3 is 14.6 Å². The normalized spacial score (nSPS) is 17.3. The summed E-state index contributed by atoms with van der Waals surface area (Å²) in [5.41, 5.74) is 3.06. The number of rotatable bonds is 10. The van der Waals surface area contributed by atoms with Crippen molar-refractivity contribution in [1.82, 2.24) is 0 Å². The molecule has 6 heteroatoms. The number of benzene rings is 3. The lowest BCUT2D eigenvalue weighted by molar-refractivity contribution is -0.137. The van der Waals surface area contributed by atoms with Crippen LogP contribution in [0, 0.1) is 17.0 Å². The predicted octanol–water partition coefficient (Wildman–Crippen LogP) is 8.48. The van der Waals surface area contributed by atoms with E-state index in [1.165, 1.54) is 19.2 Å². The van der Waals surface area contributed by atoms with E-state index >= 15 is 8.78 Å². The van der Waals surface area contributed by atoms with E-state index in [1.807, 2.05) is 31.2 Å². The van der Waals surface area contributed by atoms with Gasteiger partial charge in [-0.25, -0.2) is 8.78 Å². The second-order valence-corrected chi connectivity index (χ2v) is 10.9. The Hall–Kier alpha value is -3.41. The number of hydrogen-bond donors (Lipinski definition) is 1. The minimum absolute atomic E-state index is 0.00598. The highest BCUT2D eigenvalue weighted by molar-refractivity contribution is 5.71. The first-order chi connectivity index (χ1) is 18.1. The van der Waals surface area contributed by atoms with E-state index in [0.29, 0.717) is 34.6 Å². The lowest BCUT2D eigenvalue weighted by atomic mass is 9.75. The molecule has 4 nitrogen and oxygen atoms in total.